The van der Waals surface area contributed by atoms with Crippen LogP contribution in [0.2, 0.25) is 0 Å². The fourth-order valence-electron chi connectivity index (χ4n) is 1.29. The lowest BCUT2D eigenvalue weighted by Gasteiger charge is -2.09. The Morgan fingerprint density at radius 2 is 2.14 bits per heavy atom. The second kappa shape index (κ2) is 4.27. The molecule has 1 atom stereocenters. The molecule has 0 aromatic rings. The summed E-state index contributed by atoms with van der Waals surface area (Å²) >= 11 is 0. The fraction of sp³-hybridized carbons (Fsp3) is 0.875. The zero-order valence-electron chi connectivity index (χ0n) is 8.19. The van der Waals surface area contributed by atoms with Gasteiger partial charge in [0.2, 0.25) is 15.9 Å². The Morgan fingerprint density at radius 1 is 1.57 bits per heavy atom. The van der Waals surface area contributed by atoms with E-state index in [9.17, 15) is 13.2 Å². The number of hydrogen-bond donors (Lipinski definition) is 2. The standard InChI is InChI=1S/C8H16N2O3S/c1-6(7-2-3-7)8(11)10-4-5-14(9,12)13/h6-7H,2-5H2,1H3,(H,10,11)(H2,9,12,13). The first kappa shape index (κ1) is 11.5. The van der Waals surface area contributed by atoms with Crippen LogP contribution in [0.3, 0.4) is 0 Å². The summed E-state index contributed by atoms with van der Waals surface area (Å²) in [6.07, 6.45) is 2.20. The van der Waals surface area contributed by atoms with Gasteiger partial charge in [0.1, 0.15) is 0 Å². The molecule has 0 aliphatic heterocycles. The number of carbonyl (C=O) groups is 1. The monoisotopic (exact) mass is 220 g/mol. The average molecular weight is 220 g/mol. The minimum Gasteiger partial charge on any atom is -0.355 e. The van der Waals surface area contributed by atoms with Crippen molar-refractivity contribution in [3.05, 3.63) is 0 Å². The summed E-state index contributed by atoms with van der Waals surface area (Å²) in [6, 6.07) is 0. The number of amides is 1. The number of nitrogens with one attached hydrogen (secondary N) is 1. The first-order valence-electron chi connectivity index (χ1n) is 4.68. The van der Waals surface area contributed by atoms with Crippen LogP contribution in [0, 0.1) is 11.8 Å². The summed E-state index contributed by atoms with van der Waals surface area (Å²) in [6.45, 7) is 1.97. The van der Waals surface area contributed by atoms with E-state index in [1.165, 1.54) is 0 Å². The topological polar surface area (TPSA) is 89.3 Å². The second-order valence-electron chi connectivity index (χ2n) is 3.78. The molecule has 1 fully saturated rings. The highest BCUT2D eigenvalue weighted by Gasteiger charge is 2.32. The maximum absolute atomic E-state index is 11.4. The lowest BCUT2D eigenvalue weighted by molar-refractivity contribution is -0.124. The van der Waals surface area contributed by atoms with Crippen molar-refractivity contribution in [1.29, 1.82) is 0 Å². The molecular formula is C8H16N2O3S. The van der Waals surface area contributed by atoms with Gasteiger partial charge in [0.15, 0.2) is 0 Å². The van der Waals surface area contributed by atoms with Crippen molar-refractivity contribution in [1.82, 2.24) is 5.32 Å². The van der Waals surface area contributed by atoms with Gasteiger partial charge >= 0.3 is 0 Å². The van der Waals surface area contributed by atoms with Gasteiger partial charge in [-0.25, -0.2) is 13.6 Å². The number of hydrogen-bond acceptors (Lipinski definition) is 3. The number of nitrogens with two attached hydrogens (primary N) is 1. The van der Waals surface area contributed by atoms with E-state index in [1.807, 2.05) is 6.92 Å². The van der Waals surface area contributed by atoms with Crippen molar-refractivity contribution >= 4 is 15.9 Å². The molecule has 0 bridgehead atoms. The van der Waals surface area contributed by atoms with Crippen molar-refractivity contribution in [2.45, 2.75) is 19.8 Å². The molecule has 0 spiro atoms. The number of sulfonamides is 1. The van der Waals surface area contributed by atoms with Crippen LogP contribution in [0.25, 0.3) is 0 Å². The Hall–Kier alpha value is -0.620. The van der Waals surface area contributed by atoms with Gasteiger partial charge < -0.3 is 5.32 Å². The fourth-order valence-corrected chi connectivity index (χ4v) is 1.67. The highest BCUT2D eigenvalue weighted by atomic mass is 32.2. The Labute approximate surface area is 84.1 Å². The SMILES string of the molecule is CC(C(=O)NCCS(N)(=O)=O)C1CC1. The van der Waals surface area contributed by atoms with Crippen LogP contribution < -0.4 is 10.5 Å². The van der Waals surface area contributed by atoms with Crippen molar-refractivity contribution in [3.8, 4) is 0 Å². The molecule has 5 nitrogen and oxygen atoms in total. The Morgan fingerprint density at radius 3 is 2.57 bits per heavy atom. The highest BCUT2D eigenvalue weighted by molar-refractivity contribution is 7.89. The summed E-state index contributed by atoms with van der Waals surface area (Å²) in [5.41, 5.74) is 0. The van der Waals surface area contributed by atoms with E-state index >= 15 is 0 Å². The lowest BCUT2D eigenvalue weighted by atomic mass is 10.1. The van der Waals surface area contributed by atoms with Crippen molar-refractivity contribution in [2.24, 2.45) is 17.0 Å². The lowest BCUT2D eigenvalue weighted by Crippen LogP contribution is -2.35. The molecule has 82 valence electrons. The van der Waals surface area contributed by atoms with Gasteiger partial charge in [-0.15, -0.1) is 0 Å². The van der Waals surface area contributed by atoms with Gasteiger partial charge in [-0.2, -0.15) is 0 Å². The molecule has 0 aromatic heterocycles. The van der Waals surface area contributed by atoms with E-state index < -0.39 is 10.0 Å². The average Bonchev–Trinajstić information content (AvgIpc) is 2.82. The van der Waals surface area contributed by atoms with Crippen molar-refractivity contribution in [3.63, 3.8) is 0 Å². The molecule has 14 heavy (non-hydrogen) atoms. The maximum atomic E-state index is 11.4. The van der Waals surface area contributed by atoms with E-state index in [2.05, 4.69) is 5.32 Å². The molecule has 0 aromatic carbocycles. The van der Waals surface area contributed by atoms with Gasteiger partial charge in [-0.3, -0.25) is 4.79 Å². The molecule has 0 radical (unpaired) electrons. The zero-order chi connectivity index (χ0) is 10.8. The molecule has 1 aliphatic carbocycles. The van der Waals surface area contributed by atoms with Crippen molar-refractivity contribution in [2.75, 3.05) is 12.3 Å². The summed E-state index contributed by atoms with van der Waals surface area (Å²) in [4.78, 5) is 11.4. The number of rotatable bonds is 5. The summed E-state index contributed by atoms with van der Waals surface area (Å²) in [5.74, 6) is 0.215. The summed E-state index contributed by atoms with van der Waals surface area (Å²) in [5, 5.41) is 7.35. The van der Waals surface area contributed by atoms with E-state index in [0.29, 0.717) is 5.92 Å². The Bertz CT molecular complexity index is 309. The normalized spacial score (nSPS) is 19.0. The zero-order valence-corrected chi connectivity index (χ0v) is 9.01. The van der Waals surface area contributed by atoms with Crippen LogP contribution in [0.15, 0.2) is 0 Å². The third kappa shape index (κ3) is 4.06. The predicted molar refractivity (Wildman–Crippen MR) is 52.9 cm³/mol. The minimum atomic E-state index is -3.46. The van der Waals surface area contributed by atoms with Gasteiger partial charge in [0, 0.05) is 12.5 Å². The van der Waals surface area contributed by atoms with Gasteiger partial charge in [0.25, 0.3) is 0 Å². The summed E-state index contributed by atoms with van der Waals surface area (Å²) < 4.78 is 21.1. The molecule has 1 aliphatic rings. The van der Waals surface area contributed by atoms with Gasteiger partial charge in [-0.1, -0.05) is 6.92 Å². The van der Waals surface area contributed by atoms with Gasteiger partial charge in [-0.05, 0) is 18.8 Å². The van der Waals surface area contributed by atoms with Crippen LogP contribution in [0.1, 0.15) is 19.8 Å². The molecule has 0 heterocycles. The second-order valence-corrected chi connectivity index (χ2v) is 5.52. The van der Waals surface area contributed by atoms with E-state index in [0.717, 1.165) is 12.8 Å². The van der Waals surface area contributed by atoms with Gasteiger partial charge in [0.05, 0.1) is 5.75 Å². The summed E-state index contributed by atoms with van der Waals surface area (Å²) in [7, 11) is -3.46. The number of primary sulfonamides is 1. The van der Waals surface area contributed by atoms with Crippen LogP contribution in [0.4, 0.5) is 0 Å². The van der Waals surface area contributed by atoms with Crippen LogP contribution in [-0.4, -0.2) is 26.6 Å². The van der Waals surface area contributed by atoms with E-state index in [1.54, 1.807) is 0 Å². The van der Waals surface area contributed by atoms with Crippen LogP contribution in [0.5, 0.6) is 0 Å². The van der Waals surface area contributed by atoms with E-state index in [4.69, 9.17) is 5.14 Å². The molecule has 1 amide bonds. The van der Waals surface area contributed by atoms with E-state index in [-0.39, 0.29) is 24.1 Å². The maximum Gasteiger partial charge on any atom is 0.223 e. The predicted octanol–water partition coefficient (Wildman–Crippen LogP) is -0.563. The van der Waals surface area contributed by atoms with Crippen LogP contribution >= 0.6 is 0 Å². The van der Waals surface area contributed by atoms with Crippen molar-refractivity contribution < 1.29 is 13.2 Å². The molecule has 0 saturated heterocycles. The minimum absolute atomic E-state index is 0.00419. The third-order valence-electron chi connectivity index (χ3n) is 2.43. The molecule has 1 unspecified atom stereocenters. The molecule has 6 heteroatoms. The highest BCUT2D eigenvalue weighted by Crippen LogP contribution is 2.36. The first-order chi connectivity index (χ1) is 6.40. The molecule has 1 saturated carbocycles. The third-order valence-corrected chi connectivity index (χ3v) is 3.20. The largest absolute Gasteiger partial charge is 0.355 e. The molecule has 3 N–H and O–H groups in total. The quantitative estimate of drug-likeness (QED) is 0.650. The number of carbonyl (C=O) groups excluding carboxylic acids is 1. The molecular weight excluding hydrogens is 204 g/mol. The Balaban J connectivity index is 2.20. The Kier molecular flexibility index (Phi) is 3.49. The smallest absolute Gasteiger partial charge is 0.223 e. The first-order valence-corrected chi connectivity index (χ1v) is 6.40. The molecule has 1 rings (SSSR count). The van der Waals surface area contributed by atoms with Crippen LogP contribution in [-0.2, 0) is 14.8 Å².